The van der Waals surface area contributed by atoms with Crippen molar-refractivity contribution in [3.05, 3.63) is 90.0 Å². The number of aryl methyl sites for hydroxylation is 1. The van der Waals surface area contributed by atoms with Gasteiger partial charge in [-0.15, -0.1) is 0 Å². The molecule has 0 heterocycles. The summed E-state index contributed by atoms with van der Waals surface area (Å²) in [6, 6.07) is 26.9. The first-order valence-corrected chi connectivity index (χ1v) is 8.44. The van der Waals surface area contributed by atoms with Crippen LogP contribution in [0.25, 0.3) is 0 Å². The first-order valence-electron chi connectivity index (χ1n) is 8.44. The third kappa shape index (κ3) is 4.71. The number of nitrogens with one attached hydrogen (secondary N) is 2. The Labute approximate surface area is 153 Å². The van der Waals surface area contributed by atoms with Crippen molar-refractivity contribution in [1.82, 2.24) is 0 Å². The van der Waals surface area contributed by atoms with E-state index in [0.29, 0.717) is 18.4 Å². The predicted octanol–water partition coefficient (Wildman–Crippen LogP) is 4.87. The lowest BCUT2D eigenvalue weighted by atomic mass is 10.1. The highest BCUT2D eigenvalue weighted by molar-refractivity contribution is 5.94. The van der Waals surface area contributed by atoms with Crippen LogP contribution in [-0.2, 0) is 11.2 Å². The molecule has 0 saturated heterocycles. The number of anilines is 3. The molecule has 0 bridgehead atoms. The molecule has 0 unspecified atom stereocenters. The van der Waals surface area contributed by atoms with Gasteiger partial charge >= 0.3 is 0 Å². The average Bonchev–Trinajstić information content (AvgIpc) is 2.69. The van der Waals surface area contributed by atoms with Gasteiger partial charge in [0.25, 0.3) is 0 Å². The number of rotatable bonds is 6. The minimum atomic E-state index is -0.0447. The summed E-state index contributed by atoms with van der Waals surface area (Å²) in [5.41, 5.74) is 4.23. The van der Waals surface area contributed by atoms with Crippen LogP contribution in [0.15, 0.2) is 78.9 Å². The van der Waals surface area contributed by atoms with E-state index in [9.17, 15) is 4.79 Å². The summed E-state index contributed by atoms with van der Waals surface area (Å²) in [7, 11) is 0. The Hall–Kier alpha value is -3.58. The molecule has 128 valence electrons. The normalized spacial score (nSPS) is 9.96. The van der Waals surface area contributed by atoms with Gasteiger partial charge in [-0.25, -0.2) is 0 Å². The van der Waals surface area contributed by atoms with Gasteiger partial charge in [0.05, 0.1) is 23.0 Å². The number of carbonyl (C=O) groups is 1. The van der Waals surface area contributed by atoms with Crippen molar-refractivity contribution in [2.24, 2.45) is 0 Å². The Balaban J connectivity index is 1.61. The lowest BCUT2D eigenvalue weighted by molar-refractivity contribution is -0.116. The zero-order valence-electron chi connectivity index (χ0n) is 14.3. The molecule has 4 heteroatoms. The number of benzene rings is 3. The Bertz CT molecular complexity index is 912. The van der Waals surface area contributed by atoms with Crippen molar-refractivity contribution >= 4 is 23.0 Å². The van der Waals surface area contributed by atoms with Crippen molar-refractivity contribution in [3.63, 3.8) is 0 Å². The fourth-order valence-electron chi connectivity index (χ4n) is 2.59. The third-order valence-electron chi connectivity index (χ3n) is 3.98. The second-order valence-electron chi connectivity index (χ2n) is 5.89. The second kappa shape index (κ2) is 8.50. The Kier molecular flexibility index (Phi) is 5.64. The van der Waals surface area contributed by atoms with Crippen LogP contribution in [0.3, 0.4) is 0 Å². The lowest BCUT2D eigenvalue weighted by Gasteiger charge is -2.13. The molecule has 0 radical (unpaired) electrons. The predicted molar refractivity (Wildman–Crippen MR) is 104 cm³/mol. The summed E-state index contributed by atoms with van der Waals surface area (Å²) in [6.45, 7) is 0. The van der Waals surface area contributed by atoms with E-state index in [1.165, 1.54) is 0 Å². The van der Waals surface area contributed by atoms with E-state index in [0.717, 1.165) is 22.6 Å². The zero-order chi connectivity index (χ0) is 18.2. The fraction of sp³-hybridized carbons (Fsp3) is 0.0909. The number of hydrogen-bond donors (Lipinski definition) is 2. The number of carbonyl (C=O) groups excluding carboxylic acids is 1. The van der Waals surface area contributed by atoms with Crippen LogP contribution in [0.2, 0.25) is 0 Å². The molecule has 4 nitrogen and oxygen atoms in total. The molecule has 2 N–H and O–H groups in total. The number of para-hydroxylation sites is 3. The molecule has 0 fully saturated rings. The topological polar surface area (TPSA) is 64.9 Å². The summed E-state index contributed by atoms with van der Waals surface area (Å²) in [5.74, 6) is -0.0447. The van der Waals surface area contributed by atoms with Crippen LogP contribution in [0.4, 0.5) is 17.1 Å². The molecule has 1 amide bonds. The van der Waals surface area contributed by atoms with Gasteiger partial charge in [-0.1, -0.05) is 42.5 Å². The van der Waals surface area contributed by atoms with Gasteiger partial charge < -0.3 is 10.6 Å². The van der Waals surface area contributed by atoms with Crippen molar-refractivity contribution in [1.29, 1.82) is 5.26 Å². The Morgan fingerprint density at radius 3 is 2.19 bits per heavy atom. The average molecular weight is 341 g/mol. The minimum Gasteiger partial charge on any atom is -0.354 e. The molecule has 3 aromatic carbocycles. The minimum absolute atomic E-state index is 0.0447. The van der Waals surface area contributed by atoms with E-state index in [4.69, 9.17) is 5.26 Å². The van der Waals surface area contributed by atoms with E-state index in [-0.39, 0.29) is 5.91 Å². The highest BCUT2D eigenvalue weighted by Gasteiger charge is 2.07. The molecule has 0 aliphatic carbocycles. The summed E-state index contributed by atoms with van der Waals surface area (Å²) in [6.07, 6.45) is 1.01. The quantitative estimate of drug-likeness (QED) is 0.672. The van der Waals surface area contributed by atoms with Gasteiger partial charge in [0, 0.05) is 12.1 Å². The van der Waals surface area contributed by atoms with E-state index < -0.39 is 0 Å². The Morgan fingerprint density at radius 2 is 1.50 bits per heavy atom. The SMILES string of the molecule is N#Cc1ccc(CCC(=O)Nc2ccccc2Nc2ccccc2)cc1. The maximum absolute atomic E-state index is 12.3. The largest absolute Gasteiger partial charge is 0.354 e. The van der Waals surface area contributed by atoms with Crippen LogP contribution in [0.1, 0.15) is 17.5 Å². The monoisotopic (exact) mass is 341 g/mol. The lowest BCUT2D eigenvalue weighted by Crippen LogP contribution is -2.13. The number of nitriles is 1. The maximum Gasteiger partial charge on any atom is 0.224 e. The van der Waals surface area contributed by atoms with Crippen LogP contribution < -0.4 is 10.6 Å². The van der Waals surface area contributed by atoms with Crippen LogP contribution in [-0.4, -0.2) is 5.91 Å². The smallest absolute Gasteiger partial charge is 0.224 e. The Morgan fingerprint density at radius 1 is 0.846 bits per heavy atom. The molecule has 0 atom stereocenters. The zero-order valence-corrected chi connectivity index (χ0v) is 14.3. The molecular weight excluding hydrogens is 322 g/mol. The summed E-state index contributed by atoms with van der Waals surface area (Å²) >= 11 is 0. The summed E-state index contributed by atoms with van der Waals surface area (Å²) in [4.78, 5) is 12.3. The van der Waals surface area contributed by atoms with Crippen LogP contribution in [0, 0.1) is 11.3 Å². The molecule has 3 aromatic rings. The number of amides is 1. The van der Waals surface area contributed by atoms with Crippen LogP contribution >= 0.6 is 0 Å². The molecule has 0 saturated carbocycles. The van der Waals surface area contributed by atoms with E-state index >= 15 is 0 Å². The third-order valence-corrected chi connectivity index (χ3v) is 3.98. The van der Waals surface area contributed by atoms with Crippen LogP contribution in [0.5, 0.6) is 0 Å². The molecule has 0 spiro atoms. The fourth-order valence-corrected chi connectivity index (χ4v) is 2.59. The van der Waals surface area contributed by atoms with E-state index in [1.807, 2.05) is 66.7 Å². The number of hydrogen-bond acceptors (Lipinski definition) is 3. The van der Waals surface area contributed by atoms with Crippen molar-refractivity contribution in [2.45, 2.75) is 12.8 Å². The van der Waals surface area contributed by atoms with Gasteiger partial charge in [0.2, 0.25) is 5.91 Å². The molecule has 3 rings (SSSR count). The van der Waals surface area contributed by atoms with E-state index in [1.54, 1.807) is 12.1 Å². The molecule has 0 aromatic heterocycles. The summed E-state index contributed by atoms with van der Waals surface area (Å²) in [5, 5.41) is 15.1. The molecule has 0 aliphatic rings. The molecule has 26 heavy (non-hydrogen) atoms. The van der Waals surface area contributed by atoms with Gasteiger partial charge in [0.1, 0.15) is 0 Å². The maximum atomic E-state index is 12.3. The van der Waals surface area contributed by atoms with E-state index in [2.05, 4.69) is 16.7 Å². The van der Waals surface area contributed by atoms with Gasteiger partial charge in [0.15, 0.2) is 0 Å². The second-order valence-corrected chi connectivity index (χ2v) is 5.89. The van der Waals surface area contributed by atoms with Crippen molar-refractivity contribution in [2.75, 3.05) is 10.6 Å². The first kappa shape index (κ1) is 17.2. The number of nitrogens with zero attached hydrogens (tertiary/aromatic N) is 1. The highest BCUT2D eigenvalue weighted by Crippen LogP contribution is 2.25. The first-order chi connectivity index (χ1) is 12.7. The van der Waals surface area contributed by atoms with Gasteiger partial charge in [-0.3, -0.25) is 4.79 Å². The standard InChI is InChI=1S/C22H19N3O/c23-16-18-12-10-17(11-13-18)14-15-22(26)25-21-9-5-4-8-20(21)24-19-6-2-1-3-7-19/h1-13,24H,14-15H2,(H,25,26). The van der Waals surface area contributed by atoms with Crippen molar-refractivity contribution in [3.8, 4) is 6.07 Å². The summed E-state index contributed by atoms with van der Waals surface area (Å²) < 4.78 is 0. The molecular formula is C22H19N3O. The van der Waals surface area contributed by atoms with Crippen molar-refractivity contribution < 1.29 is 4.79 Å². The van der Waals surface area contributed by atoms with Gasteiger partial charge in [-0.05, 0) is 48.4 Å². The highest BCUT2D eigenvalue weighted by atomic mass is 16.1. The molecule has 0 aliphatic heterocycles. The van der Waals surface area contributed by atoms with Gasteiger partial charge in [-0.2, -0.15) is 5.26 Å².